The highest BCUT2D eigenvalue weighted by molar-refractivity contribution is 5.94. The summed E-state index contributed by atoms with van der Waals surface area (Å²) in [5, 5.41) is 0. The number of hydrogen-bond acceptors (Lipinski definition) is 2. The minimum atomic E-state index is -0.965. The molecule has 1 aliphatic heterocycles. The molecule has 1 saturated carbocycles. The highest BCUT2D eigenvalue weighted by Gasteiger charge is 2.27. The van der Waals surface area contributed by atoms with Crippen molar-refractivity contribution in [2.75, 3.05) is 26.2 Å². The van der Waals surface area contributed by atoms with Gasteiger partial charge in [-0.1, -0.05) is 25.7 Å². The second kappa shape index (κ2) is 7.39. The Kier molecular flexibility index (Phi) is 5.26. The number of halogens is 2. The van der Waals surface area contributed by atoms with Crippen molar-refractivity contribution in [3.8, 4) is 0 Å². The summed E-state index contributed by atoms with van der Waals surface area (Å²) in [6.07, 6.45) is 7.81. The second-order valence-corrected chi connectivity index (χ2v) is 6.60. The van der Waals surface area contributed by atoms with E-state index < -0.39 is 11.6 Å². The summed E-state index contributed by atoms with van der Waals surface area (Å²) in [5.74, 6) is -2.09. The number of benzene rings is 1. The Balaban J connectivity index is 1.57. The van der Waals surface area contributed by atoms with Crippen LogP contribution in [-0.2, 0) is 0 Å². The number of hydrogen-bond donors (Lipinski definition) is 0. The SMILES string of the molecule is O=C(c1ccc(F)c(F)c1)N1CCN(C2CCCCCC2)CC1. The van der Waals surface area contributed by atoms with Gasteiger partial charge in [-0.25, -0.2) is 8.78 Å². The third-order valence-electron chi connectivity index (χ3n) is 5.11. The largest absolute Gasteiger partial charge is 0.336 e. The molecule has 0 unspecified atom stereocenters. The number of amides is 1. The van der Waals surface area contributed by atoms with E-state index in [-0.39, 0.29) is 11.5 Å². The molecule has 3 nitrogen and oxygen atoms in total. The van der Waals surface area contributed by atoms with Crippen molar-refractivity contribution in [3.63, 3.8) is 0 Å². The summed E-state index contributed by atoms with van der Waals surface area (Å²) >= 11 is 0. The highest BCUT2D eigenvalue weighted by atomic mass is 19.2. The van der Waals surface area contributed by atoms with Gasteiger partial charge in [-0.3, -0.25) is 9.69 Å². The van der Waals surface area contributed by atoms with Crippen LogP contribution in [0.25, 0.3) is 0 Å². The lowest BCUT2D eigenvalue weighted by Crippen LogP contribution is -2.51. The normalized spacial score (nSPS) is 21.2. The van der Waals surface area contributed by atoms with Crippen molar-refractivity contribution in [3.05, 3.63) is 35.4 Å². The molecule has 126 valence electrons. The lowest BCUT2D eigenvalue weighted by atomic mass is 10.1. The van der Waals surface area contributed by atoms with Gasteiger partial charge in [0.1, 0.15) is 0 Å². The van der Waals surface area contributed by atoms with Crippen molar-refractivity contribution in [1.29, 1.82) is 0 Å². The number of carbonyl (C=O) groups is 1. The van der Waals surface area contributed by atoms with E-state index in [1.54, 1.807) is 4.90 Å². The Morgan fingerprint density at radius 1 is 0.913 bits per heavy atom. The van der Waals surface area contributed by atoms with Gasteiger partial charge in [-0.2, -0.15) is 0 Å². The van der Waals surface area contributed by atoms with E-state index in [4.69, 9.17) is 0 Å². The first-order valence-corrected chi connectivity index (χ1v) is 8.63. The Morgan fingerprint density at radius 3 is 2.17 bits per heavy atom. The Labute approximate surface area is 136 Å². The van der Waals surface area contributed by atoms with Gasteiger partial charge in [0.25, 0.3) is 5.91 Å². The van der Waals surface area contributed by atoms with E-state index in [0.717, 1.165) is 25.2 Å². The molecule has 2 aliphatic rings. The van der Waals surface area contributed by atoms with Crippen LogP contribution in [0.15, 0.2) is 18.2 Å². The van der Waals surface area contributed by atoms with Crippen LogP contribution in [0.1, 0.15) is 48.9 Å². The molecule has 0 radical (unpaired) electrons. The van der Waals surface area contributed by atoms with Crippen LogP contribution in [0.4, 0.5) is 8.78 Å². The van der Waals surface area contributed by atoms with Crippen LogP contribution >= 0.6 is 0 Å². The fourth-order valence-corrected chi connectivity index (χ4v) is 3.72. The summed E-state index contributed by atoms with van der Waals surface area (Å²) in [7, 11) is 0. The summed E-state index contributed by atoms with van der Waals surface area (Å²) in [5.41, 5.74) is 0.229. The van der Waals surface area contributed by atoms with E-state index in [2.05, 4.69) is 4.90 Å². The van der Waals surface area contributed by atoms with E-state index in [9.17, 15) is 13.6 Å². The molecule has 1 aliphatic carbocycles. The summed E-state index contributed by atoms with van der Waals surface area (Å²) in [6, 6.07) is 4.02. The number of piperazine rings is 1. The van der Waals surface area contributed by atoms with Gasteiger partial charge in [-0.05, 0) is 31.0 Å². The molecule has 3 rings (SSSR count). The third kappa shape index (κ3) is 3.89. The van der Waals surface area contributed by atoms with Crippen molar-refractivity contribution in [2.24, 2.45) is 0 Å². The Morgan fingerprint density at radius 2 is 1.57 bits per heavy atom. The monoisotopic (exact) mass is 322 g/mol. The van der Waals surface area contributed by atoms with Gasteiger partial charge in [-0.15, -0.1) is 0 Å². The third-order valence-corrected chi connectivity index (χ3v) is 5.11. The van der Waals surface area contributed by atoms with Crippen LogP contribution in [0.5, 0.6) is 0 Å². The van der Waals surface area contributed by atoms with Gasteiger partial charge in [0, 0.05) is 37.8 Å². The maximum atomic E-state index is 13.3. The van der Waals surface area contributed by atoms with Gasteiger partial charge < -0.3 is 4.90 Å². The zero-order valence-corrected chi connectivity index (χ0v) is 13.4. The molecule has 0 aromatic heterocycles. The minimum Gasteiger partial charge on any atom is -0.336 e. The molecule has 0 atom stereocenters. The number of nitrogens with zero attached hydrogens (tertiary/aromatic N) is 2. The Bertz CT molecular complexity index is 548. The molecule has 1 aromatic rings. The van der Waals surface area contributed by atoms with Crippen molar-refractivity contribution in [2.45, 2.75) is 44.6 Å². The maximum absolute atomic E-state index is 13.3. The van der Waals surface area contributed by atoms with Crippen LogP contribution in [0.2, 0.25) is 0 Å². The topological polar surface area (TPSA) is 23.6 Å². The van der Waals surface area contributed by atoms with Crippen LogP contribution < -0.4 is 0 Å². The molecular formula is C18H24F2N2O. The smallest absolute Gasteiger partial charge is 0.254 e. The predicted molar refractivity (Wildman–Crippen MR) is 85.3 cm³/mol. The molecule has 0 bridgehead atoms. The van der Waals surface area contributed by atoms with Crippen LogP contribution in [0.3, 0.4) is 0 Å². The average molecular weight is 322 g/mol. The second-order valence-electron chi connectivity index (χ2n) is 6.60. The Hall–Kier alpha value is -1.49. The zero-order valence-electron chi connectivity index (χ0n) is 13.4. The molecule has 1 heterocycles. The zero-order chi connectivity index (χ0) is 16.2. The fourth-order valence-electron chi connectivity index (χ4n) is 3.72. The molecule has 1 aromatic carbocycles. The van der Waals surface area contributed by atoms with Crippen LogP contribution in [-0.4, -0.2) is 47.9 Å². The van der Waals surface area contributed by atoms with E-state index >= 15 is 0 Å². The van der Waals surface area contributed by atoms with Crippen molar-refractivity contribution >= 4 is 5.91 Å². The van der Waals surface area contributed by atoms with E-state index in [0.29, 0.717) is 19.1 Å². The summed E-state index contributed by atoms with van der Waals surface area (Å²) < 4.78 is 26.3. The van der Waals surface area contributed by atoms with Crippen molar-refractivity contribution < 1.29 is 13.6 Å². The standard InChI is InChI=1S/C18H24F2N2O/c19-16-8-7-14(13-17(16)20)18(23)22-11-9-21(10-12-22)15-5-3-1-2-4-6-15/h7-8,13,15H,1-6,9-12H2. The molecule has 0 N–H and O–H groups in total. The summed E-state index contributed by atoms with van der Waals surface area (Å²) in [4.78, 5) is 16.7. The number of carbonyl (C=O) groups excluding carboxylic acids is 1. The highest BCUT2D eigenvalue weighted by Crippen LogP contribution is 2.23. The lowest BCUT2D eigenvalue weighted by molar-refractivity contribution is 0.0551. The number of rotatable bonds is 2. The van der Waals surface area contributed by atoms with E-state index in [1.165, 1.54) is 44.6 Å². The molecule has 5 heteroatoms. The first-order chi connectivity index (χ1) is 11.1. The van der Waals surface area contributed by atoms with Gasteiger partial charge >= 0.3 is 0 Å². The predicted octanol–water partition coefficient (Wildman–Crippen LogP) is 3.45. The first kappa shape index (κ1) is 16.4. The molecule has 23 heavy (non-hydrogen) atoms. The van der Waals surface area contributed by atoms with Crippen LogP contribution in [0, 0.1) is 11.6 Å². The van der Waals surface area contributed by atoms with Gasteiger partial charge in [0.05, 0.1) is 0 Å². The fraction of sp³-hybridized carbons (Fsp3) is 0.611. The molecule has 1 amide bonds. The molecule has 2 fully saturated rings. The maximum Gasteiger partial charge on any atom is 0.254 e. The van der Waals surface area contributed by atoms with Crippen molar-refractivity contribution in [1.82, 2.24) is 9.80 Å². The van der Waals surface area contributed by atoms with E-state index in [1.807, 2.05) is 0 Å². The summed E-state index contributed by atoms with van der Waals surface area (Å²) in [6.45, 7) is 3.07. The molecular weight excluding hydrogens is 298 g/mol. The quantitative estimate of drug-likeness (QED) is 0.779. The van der Waals surface area contributed by atoms with Gasteiger partial charge in [0.15, 0.2) is 11.6 Å². The first-order valence-electron chi connectivity index (χ1n) is 8.63. The van der Waals surface area contributed by atoms with Gasteiger partial charge in [0.2, 0.25) is 0 Å². The average Bonchev–Trinajstić information content (AvgIpc) is 2.86. The molecule has 1 saturated heterocycles. The lowest BCUT2D eigenvalue weighted by Gasteiger charge is -2.39. The molecule has 0 spiro atoms. The minimum absolute atomic E-state index is 0.204.